The second-order valence-electron chi connectivity index (χ2n) is 34.5. The smallest absolute Gasteiger partial charge is 0.407 e. The molecule has 11 heterocycles. The second kappa shape index (κ2) is 42.3. The molecule has 0 radical (unpaired) electrons. The number of aliphatic hydroxyl groups excluding tert-OH is 2. The van der Waals surface area contributed by atoms with Gasteiger partial charge in [0.25, 0.3) is 29.5 Å². The first-order chi connectivity index (χ1) is 61.0. The van der Waals surface area contributed by atoms with E-state index in [0.717, 1.165) is 16.0 Å². The van der Waals surface area contributed by atoms with E-state index < -0.39 is 108 Å². The first kappa shape index (κ1) is 93.0. The van der Waals surface area contributed by atoms with E-state index in [0.29, 0.717) is 204 Å². The van der Waals surface area contributed by atoms with Crippen molar-refractivity contribution in [2.24, 2.45) is 35.5 Å². The number of alkyl carbamates (subject to hydrolysis) is 1. The molecule has 13 rings (SSSR count). The van der Waals surface area contributed by atoms with Crippen LogP contribution in [0, 0.1) is 35.5 Å². The fourth-order valence-electron chi connectivity index (χ4n) is 17.7. The van der Waals surface area contributed by atoms with Crippen molar-refractivity contribution in [3.05, 3.63) is 126 Å². The van der Waals surface area contributed by atoms with Gasteiger partial charge in [-0.3, -0.25) is 28.8 Å². The number of cyclic esters (lactones) is 1. The number of unbranched alkanes of at least 4 members (excludes halogenated alkanes) is 1. The molecule has 6 aromatic heterocycles. The Morgan fingerprint density at radius 2 is 1.39 bits per heavy atom. The number of piperidine rings is 1. The normalized spacial score (nSPS) is 27.2. The summed E-state index contributed by atoms with van der Waals surface area (Å²) >= 11 is 0. The molecular weight excluding hydrogens is 1630 g/mol. The quantitative estimate of drug-likeness (QED) is 0.0179. The molecule has 4 amide bonds. The zero-order valence-electron chi connectivity index (χ0n) is 73.6. The number of aliphatic hydroxyl groups is 3. The molecule has 6 aliphatic rings. The molecule has 1 saturated carbocycles. The van der Waals surface area contributed by atoms with Crippen molar-refractivity contribution >= 4 is 98.9 Å². The fraction of sp³-hybridized carbons (Fsp3) is 0.556. The highest BCUT2D eigenvalue weighted by Crippen LogP contribution is 2.40. The zero-order chi connectivity index (χ0) is 90.3. The van der Waals surface area contributed by atoms with Crippen molar-refractivity contribution in [1.29, 1.82) is 0 Å². The van der Waals surface area contributed by atoms with Crippen molar-refractivity contribution in [2.45, 2.75) is 206 Å². The number of esters is 1. The summed E-state index contributed by atoms with van der Waals surface area (Å²) in [4.78, 5) is 162. The Kier molecular flexibility index (Phi) is 31.0. The minimum absolute atomic E-state index is 0.0195. The number of nitrogens with zero attached hydrogens (tertiary/aromatic N) is 16. The number of nitrogens with two attached hydrogens (primary N) is 2. The number of methoxy groups -OCH3 is 2. The number of Topliss-reactive ketones (excluding diaryl/α,β-unsaturated/α-hetero) is 3. The number of piperazine rings is 2. The summed E-state index contributed by atoms with van der Waals surface area (Å²) in [5, 5.41) is 46.0. The standard InChI is InChI=1S/C90H118N20O17/c1-52-17-11-10-12-18-53(2)70(122-8)42-64-23-20-58(7)90(121,127-64)78(115)83(118)109-27-15-13-19-66(109)84(119)124-71(43-67(111)54(3)38-57(6)76(113)77(114)75(112)56(5)37-52)55(4)39-59-21-24-69(72(40-59)123-9)126-89(120)100-46-60-44-94-86(95-45-60)107-33-35-108(36-34-107)88-98-49-63(50-99-88)82(117)105-29-31-106(32-30-105)87-96-47-62(48-97-87)81(116)93-26-14-16-28-110-80-73(79(91)101-51-102-80)74(104-110)61-22-25-68-65(41-61)103-85(92)125-68/h10-12,17-18,22,25,38,41,44-45,47-52,54-56,58-59,64,66,69-72,76-77,113-114,121H,13-16,19-21,23-24,26-37,39-40,42-43,46H2,1-9H3,(H2,92,103)(H,93,116)(H,100,120)(H2,91,101,102)/b12-10?,17-11+,53-18?,57-38+/t52-,54-,55-,56-,58-,59+,64+,66+,69-,70+,71+,72-,76-,77+,90-/m1/s1. The molecule has 9 N–H and O–H groups in total. The number of nitrogens with one attached hydrogen (secondary N) is 2. The van der Waals surface area contributed by atoms with Gasteiger partial charge in [-0.2, -0.15) is 10.1 Å². The average Bonchev–Trinajstić information content (AvgIpc) is 1.21. The van der Waals surface area contributed by atoms with E-state index in [1.165, 1.54) is 31.7 Å². The number of amides is 4. The van der Waals surface area contributed by atoms with Gasteiger partial charge in [-0.1, -0.05) is 71.1 Å². The van der Waals surface area contributed by atoms with Crippen LogP contribution in [-0.2, 0) is 60.7 Å². The lowest BCUT2D eigenvalue weighted by molar-refractivity contribution is -0.265. The van der Waals surface area contributed by atoms with Crippen LogP contribution in [-0.4, -0.2) is 261 Å². The van der Waals surface area contributed by atoms with Crippen LogP contribution in [0.2, 0.25) is 0 Å². The van der Waals surface area contributed by atoms with E-state index in [4.69, 9.17) is 44.7 Å². The molecule has 2 bridgehead atoms. The highest BCUT2D eigenvalue weighted by atomic mass is 16.6. The molecule has 127 heavy (non-hydrogen) atoms. The number of hydrogen-bond acceptors (Lipinski definition) is 32. The second-order valence-corrected chi connectivity index (χ2v) is 34.5. The molecule has 4 saturated heterocycles. The van der Waals surface area contributed by atoms with Crippen LogP contribution in [0.5, 0.6) is 0 Å². The number of benzene rings is 1. The predicted molar refractivity (Wildman–Crippen MR) is 469 cm³/mol. The van der Waals surface area contributed by atoms with Crippen LogP contribution in [0.15, 0.2) is 114 Å². The number of allylic oxidation sites excluding steroid dienone is 6. The van der Waals surface area contributed by atoms with E-state index in [1.807, 2.05) is 78.0 Å². The van der Waals surface area contributed by atoms with Crippen LogP contribution < -0.4 is 36.8 Å². The molecular formula is C90H118N20O17. The lowest BCUT2D eigenvalue weighted by Gasteiger charge is -2.42. The van der Waals surface area contributed by atoms with Crippen molar-refractivity contribution in [3.63, 3.8) is 0 Å². The van der Waals surface area contributed by atoms with Crippen LogP contribution in [0.25, 0.3) is 33.4 Å². The van der Waals surface area contributed by atoms with Crippen molar-refractivity contribution in [3.8, 4) is 11.3 Å². The number of aryl methyl sites for hydroxylation is 1. The number of hydrogen-bond donors (Lipinski definition) is 7. The van der Waals surface area contributed by atoms with Crippen molar-refractivity contribution in [1.82, 2.24) is 75.1 Å². The van der Waals surface area contributed by atoms with Gasteiger partial charge in [0.1, 0.15) is 59.6 Å². The third-order valence-electron chi connectivity index (χ3n) is 25.4. The Bertz CT molecular complexity index is 5170. The highest BCUT2D eigenvalue weighted by molar-refractivity contribution is 6.39. The monoisotopic (exact) mass is 1750 g/mol. The van der Waals surface area contributed by atoms with E-state index in [2.05, 4.69) is 55.5 Å². The summed E-state index contributed by atoms with van der Waals surface area (Å²) in [6, 6.07) is 4.28. The Hall–Kier alpha value is -11.6. The molecule has 680 valence electrons. The fourth-order valence-corrected chi connectivity index (χ4v) is 17.7. The van der Waals surface area contributed by atoms with Gasteiger partial charge in [0.2, 0.25) is 23.6 Å². The minimum Gasteiger partial charge on any atom is -0.460 e. The maximum atomic E-state index is 14.8. The highest BCUT2D eigenvalue weighted by Gasteiger charge is 2.53. The summed E-state index contributed by atoms with van der Waals surface area (Å²) in [6.45, 7) is 17.2. The van der Waals surface area contributed by atoms with Gasteiger partial charge < -0.3 is 90.0 Å². The topological polar surface area (TPSA) is 483 Å². The van der Waals surface area contributed by atoms with Crippen molar-refractivity contribution < 1.29 is 81.8 Å². The Balaban J connectivity index is 0.548. The summed E-state index contributed by atoms with van der Waals surface area (Å²) in [5.74, 6) is -8.20. The van der Waals surface area contributed by atoms with Gasteiger partial charge in [-0.05, 0) is 138 Å². The Labute approximate surface area is 737 Å². The number of ketones is 3. The number of carbonyl (C=O) groups excluding carboxylic acids is 8. The Morgan fingerprint density at radius 1 is 0.709 bits per heavy atom. The largest absolute Gasteiger partial charge is 0.460 e. The third kappa shape index (κ3) is 22.7. The molecule has 7 aromatic rings. The van der Waals surface area contributed by atoms with Crippen LogP contribution in [0.3, 0.4) is 0 Å². The first-order valence-corrected chi connectivity index (χ1v) is 44.0. The molecule has 1 aliphatic carbocycles. The van der Waals surface area contributed by atoms with Crippen LogP contribution in [0.1, 0.15) is 165 Å². The first-order valence-electron chi connectivity index (χ1n) is 44.0. The molecule has 37 nitrogen and oxygen atoms in total. The number of fused-ring (bicyclic) bond motifs is 5. The van der Waals surface area contributed by atoms with Gasteiger partial charge in [0, 0.05) is 172 Å². The lowest BCUT2D eigenvalue weighted by atomic mass is 9.78. The summed E-state index contributed by atoms with van der Waals surface area (Å²) < 4.78 is 37.7. The maximum Gasteiger partial charge on any atom is 0.407 e. The number of anilines is 5. The molecule has 5 fully saturated rings. The van der Waals surface area contributed by atoms with Crippen LogP contribution in [0.4, 0.5) is 34.5 Å². The average molecular weight is 1750 g/mol. The minimum atomic E-state index is -2.50. The molecule has 0 unspecified atom stereocenters. The molecule has 0 spiro atoms. The maximum absolute atomic E-state index is 14.8. The number of rotatable bonds is 19. The van der Waals surface area contributed by atoms with Gasteiger partial charge >= 0.3 is 12.1 Å². The number of nitrogen functional groups attached to an aromatic ring is 2. The molecule has 37 heteroatoms. The number of oxazole rings is 1. The number of ether oxygens (including phenoxy) is 5. The van der Waals surface area contributed by atoms with Crippen LogP contribution >= 0.6 is 0 Å². The number of aromatic nitrogens is 11. The summed E-state index contributed by atoms with van der Waals surface area (Å²) in [5.41, 5.74) is 17.5. The van der Waals surface area contributed by atoms with Gasteiger partial charge in [-0.15, -0.1) is 0 Å². The SMILES string of the molecule is CO[C@H]1C[C@@H]2CC[C@@H](C)[C@@](O)(O2)C(=O)C(=O)N2CCCC[C@H]2C(=O)O[C@H]([C@H](C)C[C@@H]2CC[C@@H](OC(=O)NCc3cnc(N4CCN(c5ncc(C(=O)N6CCN(c7ncc(C(=O)NCCCCn8nc(-c9ccc%10oc(N)nc%10c9)c9c(N)ncnc98)cn7)CC6)cn5)CC4)nc3)[C@H](OC)C2)CC(=O)[C@H](C)/C=C(\C)[C@@H](O)[C@@H](O)C(=O)[C@H](C)C[C@H](C)/C=C/C=CC=C1C. The lowest BCUT2D eigenvalue weighted by Crippen LogP contribution is -2.61. The summed E-state index contributed by atoms with van der Waals surface area (Å²) in [7, 11) is 3.10. The van der Waals surface area contributed by atoms with Gasteiger partial charge in [0.05, 0.1) is 34.8 Å². The van der Waals surface area contributed by atoms with Gasteiger partial charge in [0.15, 0.2) is 17.0 Å². The van der Waals surface area contributed by atoms with E-state index >= 15 is 0 Å². The predicted octanol–water partition coefficient (Wildman–Crippen LogP) is 7.44. The van der Waals surface area contributed by atoms with Gasteiger partial charge in [-0.25, -0.2) is 54.1 Å². The van der Waals surface area contributed by atoms with E-state index in [9.17, 15) is 53.7 Å². The number of carbonyl (C=O) groups is 8. The molecule has 15 atom stereocenters. The Morgan fingerprint density at radius 3 is 2.07 bits per heavy atom. The van der Waals surface area contributed by atoms with E-state index in [1.54, 1.807) is 75.4 Å². The molecule has 5 aliphatic heterocycles. The summed E-state index contributed by atoms with van der Waals surface area (Å²) in [6.07, 6.45) is 19.7. The molecule has 1 aromatic carbocycles. The van der Waals surface area contributed by atoms with Crippen molar-refractivity contribution in [2.75, 3.05) is 106 Å². The third-order valence-corrected chi connectivity index (χ3v) is 25.4. The van der Waals surface area contributed by atoms with E-state index in [-0.39, 0.29) is 73.4 Å². The zero-order valence-corrected chi connectivity index (χ0v) is 73.6.